The van der Waals surface area contributed by atoms with Crippen LogP contribution in [0.15, 0.2) is 46.4 Å². The van der Waals surface area contributed by atoms with Gasteiger partial charge in [0.1, 0.15) is 11.3 Å². The topological polar surface area (TPSA) is 75.7 Å². The molecule has 1 aliphatic rings. The molecule has 0 aliphatic carbocycles. The van der Waals surface area contributed by atoms with E-state index in [9.17, 15) is 14.4 Å². The second-order valence-electron chi connectivity index (χ2n) is 5.77. The molecule has 2 aromatic rings. The fourth-order valence-corrected chi connectivity index (χ4v) is 3.33. The third-order valence-electron chi connectivity index (χ3n) is 4.02. The van der Waals surface area contributed by atoms with Crippen molar-refractivity contribution >= 4 is 57.1 Å². The fourth-order valence-electron chi connectivity index (χ4n) is 2.67. The minimum Gasteiger partial charge on any atom is -0.497 e. The Morgan fingerprint density at radius 1 is 1.19 bits per heavy atom. The normalized spacial score (nSPS) is 15.9. The molecule has 3 rings (SSSR count). The van der Waals surface area contributed by atoms with Crippen molar-refractivity contribution in [3.05, 3.63) is 62.6 Å². The van der Waals surface area contributed by atoms with Crippen molar-refractivity contribution in [2.45, 2.75) is 6.92 Å². The monoisotopic (exact) mass is 448 g/mol. The van der Waals surface area contributed by atoms with Crippen molar-refractivity contribution < 1.29 is 19.1 Å². The SMILES string of the molecule is COc1cc(Br)cc(/C=C2\C(=O)NC(=O)N(c3cccc(Cl)c3C)C2=O)c1. The Kier molecular flexibility index (Phi) is 5.34. The lowest BCUT2D eigenvalue weighted by Gasteiger charge is -2.27. The highest BCUT2D eigenvalue weighted by Crippen LogP contribution is 2.30. The van der Waals surface area contributed by atoms with Gasteiger partial charge in [-0.25, -0.2) is 9.69 Å². The van der Waals surface area contributed by atoms with Gasteiger partial charge >= 0.3 is 6.03 Å². The number of urea groups is 1. The summed E-state index contributed by atoms with van der Waals surface area (Å²) in [7, 11) is 1.51. The zero-order chi connectivity index (χ0) is 19.7. The standard InChI is InChI=1S/C19H14BrClN2O4/c1-10-15(21)4-3-5-16(10)23-18(25)14(17(24)22-19(23)26)8-11-6-12(20)9-13(7-11)27-2/h3-9H,1-2H3,(H,22,24,26)/b14-8+. The summed E-state index contributed by atoms with van der Waals surface area (Å²) in [4.78, 5) is 38.4. The number of barbiturate groups is 1. The highest BCUT2D eigenvalue weighted by molar-refractivity contribution is 9.10. The molecule has 6 nitrogen and oxygen atoms in total. The number of halogens is 2. The van der Waals surface area contributed by atoms with Gasteiger partial charge in [-0.2, -0.15) is 0 Å². The first-order valence-corrected chi connectivity index (χ1v) is 9.00. The van der Waals surface area contributed by atoms with E-state index in [1.54, 1.807) is 43.3 Å². The van der Waals surface area contributed by atoms with Gasteiger partial charge in [-0.1, -0.05) is 33.6 Å². The van der Waals surface area contributed by atoms with Crippen LogP contribution in [-0.2, 0) is 9.59 Å². The zero-order valence-electron chi connectivity index (χ0n) is 14.4. The molecule has 0 unspecified atom stereocenters. The Bertz CT molecular complexity index is 1000. The minimum absolute atomic E-state index is 0.172. The Morgan fingerprint density at radius 3 is 2.63 bits per heavy atom. The average Bonchev–Trinajstić information content (AvgIpc) is 2.61. The van der Waals surface area contributed by atoms with Gasteiger partial charge in [0.15, 0.2) is 0 Å². The first kappa shape index (κ1) is 19.1. The van der Waals surface area contributed by atoms with E-state index in [0.29, 0.717) is 27.6 Å². The lowest BCUT2D eigenvalue weighted by molar-refractivity contribution is -0.122. The molecule has 138 valence electrons. The molecule has 0 bridgehead atoms. The summed E-state index contributed by atoms with van der Waals surface area (Å²) in [5.74, 6) is -0.938. The van der Waals surface area contributed by atoms with Crippen LogP contribution in [0.1, 0.15) is 11.1 Å². The van der Waals surface area contributed by atoms with E-state index >= 15 is 0 Å². The summed E-state index contributed by atoms with van der Waals surface area (Å²) in [6, 6.07) is 9.20. The Balaban J connectivity index is 2.08. The van der Waals surface area contributed by atoms with E-state index in [0.717, 1.165) is 9.37 Å². The number of carbonyl (C=O) groups excluding carboxylic acids is 3. The van der Waals surface area contributed by atoms with Gasteiger partial charge in [0.05, 0.1) is 12.8 Å². The van der Waals surface area contributed by atoms with Crippen LogP contribution in [-0.4, -0.2) is 25.0 Å². The van der Waals surface area contributed by atoms with Crippen LogP contribution < -0.4 is 15.0 Å². The maximum atomic E-state index is 12.9. The summed E-state index contributed by atoms with van der Waals surface area (Å²) in [5.41, 5.74) is 1.27. The summed E-state index contributed by atoms with van der Waals surface area (Å²) in [5, 5.41) is 2.60. The van der Waals surface area contributed by atoms with Crippen molar-refractivity contribution in [1.82, 2.24) is 5.32 Å². The maximum Gasteiger partial charge on any atom is 0.335 e. The molecule has 1 N–H and O–H groups in total. The molecule has 0 aromatic heterocycles. The lowest BCUT2D eigenvalue weighted by Crippen LogP contribution is -2.54. The molecule has 0 spiro atoms. The number of amides is 4. The quantitative estimate of drug-likeness (QED) is 0.566. The molecule has 2 aromatic carbocycles. The number of imide groups is 2. The second kappa shape index (κ2) is 7.54. The minimum atomic E-state index is -0.820. The molecule has 27 heavy (non-hydrogen) atoms. The number of benzene rings is 2. The molecule has 1 saturated heterocycles. The highest BCUT2D eigenvalue weighted by Gasteiger charge is 2.37. The van der Waals surface area contributed by atoms with E-state index in [-0.39, 0.29) is 5.57 Å². The van der Waals surface area contributed by atoms with Crippen LogP contribution >= 0.6 is 27.5 Å². The van der Waals surface area contributed by atoms with Crippen LogP contribution in [0.5, 0.6) is 5.75 Å². The second-order valence-corrected chi connectivity index (χ2v) is 7.09. The maximum absolute atomic E-state index is 12.9. The molecule has 4 amide bonds. The van der Waals surface area contributed by atoms with E-state index in [1.165, 1.54) is 13.2 Å². The molecule has 0 saturated carbocycles. The lowest BCUT2D eigenvalue weighted by atomic mass is 10.1. The van der Waals surface area contributed by atoms with Gasteiger partial charge in [-0.15, -0.1) is 0 Å². The van der Waals surface area contributed by atoms with Crippen LogP contribution in [0.4, 0.5) is 10.5 Å². The number of ether oxygens (including phenoxy) is 1. The van der Waals surface area contributed by atoms with Crippen LogP contribution in [0, 0.1) is 6.92 Å². The molecule has 8 heteroatoms. The van der Waals surface area contributed by atoms with Crippen molar-refractivity contribution in [1.29, 1.82) is 0 Å². The summed E-state index contributed by atoms with van der Waals surface area (Å²) < 4.78 is 5.91. The Morgan fingerprint density at radius 2 is 1.93 bits per heavy atom. The van der Waals surface area contributed by atoms with E-state index in [4.69, 9.17) is 16.3 Å². The van der Waals surface area contributed by atoms with Crippen molar-refractivity contribution in [3.63, 3.8) is 0 Å². The number of nitrogens with zero attached hydrogens (tertiary/aromatic N) is 1. The van der Waals surface area contributed by atoms with E-state index in [1.807, 2.05) is 0 Å². The van der Waals surface area contributed by atoms with Crippen molar-refractivity contribution in [2.24, 2.45) is 0 Å². The zero-order valence-corrected chi connectivity index (χ0v) is 16.7. The number of methoxy groups -OCH3 is 1. The smallest absolute Gasteiger partial charge is 0.335 e. The number of carbonyl (C=O) groups is 3. The van der Waals surface area contributed by atoms with Crippen LogP contribution in [0.25, 0.3) is 6.08 Å². The van der Waals surface area contributed by atoms with E-state index < -0.39 is 17.8 Å². The third-order valence-corrected chi connectivity index (χ3v) is 4.89. The third kappa shape index (κ3) is 3.74. The highest BCUT2D eigenvalue weighted by atomic mass is 79.9. The number of hydrogen-bond acceptors (Lipinski definition) is 4. The summed E-state index contributed by atoms with van der Waals surface area (Å²) in [6.45, 7) is 1.69. The molecular weight excluding hydrogens is 436 g/mol. The largest absolute Gasteiger partial charge is 0.497 e. The summed E-state index contributed by atoms with van der Waals surface area (Å²) in [6.07, 6.45) is 1.41. The predicted octanol–water partition coefficient (Wildman–Crippen LogP) is 4.09. The molecule has 0 atom stereocenters. The molecule has 1 heterocycles. The Labute approximate surface area is 168 Å². The average molecular weight is 450 g/mol. The van der Waals surface area contributed by atoms with Crippen LogP contribution in [0.2, 0.25) is 5.02 Å². The molecule has 1 aliphatic heterocycles. The number of anilines is 1. The van der Waals surface area contributed by atoms with Gasteiger partial charge in [-0.3, -0.25) is 14.9 Å². The van der Waals surface area contributed by atoms with Crippen LogP contribution in [0.3, 0.4) is 0 Å². The van der Waals surface area contributed by atoms with Gasteiger partial charge in [0.2, 0.25) is 0 Å². The Hall–Kier alpha value is -2.64. The molecule has 1 fully saturated rings. The van der Waals surface area contributed by atoms with E-state index in [2.05, 4.69) is 21.2 Å². The number of rotatable bonds is 3. The van der Waals surface area contributed by atoms with Gasteiger partial charge in [0.25, 0.3) is 11.8 Å². The van der Waals surface area contributed by atoms with Crippen molar-refractivity contribution in [2.75, 3.05) is 12.0 Å². The number of hydrogen-bond donors (Lipinski definition) is 1. The summed E-state index contributed by atoms with van der Waals surface area (Å²) >= 11 is 9.45. The van der Waals surface area contributed by atoms with Gasteiger partial charge < -0.3 is 4.74 Å². The predicted molar refractivity (Wildman–Crippen MR) is 106 cm³/mol. The van der Waals surface area contributed by atoms with Crippen molar-refractivity contribution in [3.8, 4) is 5.75 Å². The number of nitrogens with one attached hydrogen (secondary N) is 1. The first-order chi connectivity index (χ1) is 12.8. The molecule has 0 radical (unpaired) electrons. The van der Waals surface area contributed by atoms with Gasteiger partial charge in [-0.05, 0) is 54.5 Å². The molecular formula is C19H14BrClN2O4. The fraction of sp³-hybridized carbons (Fsp3) is 0.105. The van der Waals surface area contributed by atoms with Gasteiger partial charge in [0, 0.05) is 9.50 Å². The first-order valence-electron chi connectivity index (χ1n) is 7.83.